The molecule has 4 heteroatoms. The summed E-state index contributed by atoms with van der Waals surface area (Å²) in [6.45, 7) is 8.01. The van der Waals surface area contributed by atoms with Crippen LogP contribution >= 0.6 is 0 Å². The molecule has 1 aromatic rings. The second-order valence-corrected chi connectivity index (χ2v) is 5.54. The first kappa shape index (κ1) is 14.6. The number of aryl methyl sites for hydroxylation is 1. The Morgan fingerprint density at radius 3 is 2.67 bits per heavy atom. The third-order valence-electron chi connectivity index (χ3n) is 3.02. The van der Waals surface area contributed by atoms with Crippen LogP contribution in [0.2, 0.25) is 0 Å². The Morgan fingerprint density at radius 2 is 2.17 bits per heavy atom. The lowest BCUT2D eigenvalue weighted by atomic mass is 9.84. The fraction of sp³-hybridized carbons (Fsp3) is 0.571. The second kappa shape index (κ2) is 5.96. The molecule has 0 saturated carbocycles. The largest absolute Gasteiger partial charge is 0.396 e. The zero-order valence-corrected chi connectivity index (χ0v) is 11.5. The molecule has 1 heterocycles. The molecule has 1 aromatic heterocycles. The molecule has 0 aliphatic carbocycles. The van der Waals surface area contributed by atoms with E-state index in [2.05, 4.69) is 10.3 Å². The Bertz CT molecular complexity index is 411. The standard InChI is InChI=1S/C14H22N2O2/c1-10-11(6-5-8-15-10)13(18)16-12(7-9-17)14(2,3)4/h5-6,8,12,17H,7,9H2,1-4H3,(H,16,18). The lowest BCUT2D eigenvalue weighted by molar-refractivity contribution is 0.0884. The fourth-order valence-corrected chi connectivity index (χ4v) is 1.81. The van der Waals surface area contributed by atoms with Gasteiger partial charge in [0.1, 0.15) is 0 Å². The summed E-state index contributed by atoms with van der Waals surface area (Å²) in [5.74, 6) is -0.131. The number of hydrogen-bond acceptors (Lipinski definition) is 3. The minimum Gasteiger partial charge on any atom is -0.396 e. The van der Waals surface area contributed by atoms with Crippen LogP contribution in [-0.4, -0.2) is 28.6 Å². The molecule has 0 saturated heterocycles. The van der Waals surface area contributed by atoms with E-state index in [1.165, 1.54) is 0 Å². The Kier molecular flexibility index (Phi) is 4.84. The van der Waals surface area contributed by atoms with Crippen molar-refractivity contribution in [2.45, 2.75) is 40.2 Å². The Morgan fingerprint density at radius 1 is 1.50 bits per heavy atom. The van der Waals surface area contributed by atoms with Gasteiger partial charge in [-0.25, -0.2) is 0 Å². The number of carbonyl (C=O) groups excluding carboxylic acids is 1. The maximum Gasteiger partial charge on any atom is 0.253 e. The molecule has 0 fully saturated rings. The number of amides is 1. The predicted octanol–water partition coefficient (Wildman–Crippen LogP) is 1.92. The summed E-state index contributed by atoms with van der Waals surface area (Å²) in [6, 6.07) is 3.45. The van der Waals surface area contributed by atoms with Gasteiger partial charge in [0.2, 0.25) is 0 Å². The molecular weight excluding hydrogens is 228 g/mol. The molecule has 1 rings (SSSR count). The fourth-order valence-electron chi connectivity index (χ4n) is 1.81. The maximum atomic E-state index is 12.2. The van der Waals surface area contributed by atoms with Crippen molar-refractivity contribution in [1.82, 2.24) is 10.3 Å². The van der Waals surface area contributed by atoms with Crippen molar-refractivity contribution in [3.05, 3.63) is 29.6 Å². The van der Waals surface area contributed by atoms with Crippen molar-refractivity contribution >= 4 is 5.91 Å². The monoisotopic (exact) mass is 250 g/mol. The molecule has 2 N–H and O–H groups in total. The predicted molar refractivity (Wildman–Crippen MR) is 71.4 cm³/mol. The van der Waals surface area contributed by atoms with Crippen LogP contribution in [0, 0.1) is 12.3 Å². The molecular formula is C14H22N2O2. The average Bonchev–Trinajstić information content (AvgIpc) is 2.27. The molecule has 0 radical (unpaired) electrons. The van der Waals surface area contributed by atoms with Crippen LogP contribution in [0.1, 0.15) is 43.2 Å². The van der Waals surface area contributed by atoms with E-state index in [1.807, 2.05) is 27.7 Å². The zero-order valence-electron chi connectivity index (χ0n) is 11.5. The molecule has 0 aromatic carbocycles. The second-order valence-electron chi connectivity index (χ2n) is 5.54. The van der Waals surface area contributed by atoms with E-state index in [4.69, 9.17) is 5.11 Å². The van der Waals surface area contributed by atoms with Crippen LogP contribution in [0.5, 0.6) is 0 Å². The minimum absolute atomic E-state index is 0.0605. The Labute approximate surface area is 108 Å². The Hall–Kier alpha value is -1.42. The van der Waals surface area contributed by atoms with Gasteiger partial charge in [-0.15, -0.1) is 0 Å². The van der Waals surface area contributed by atoms with Crippen molar-refractivity contribution in [3.63, 3.8) is 0 Å². The van der Waals surface area contributed by atoms with Gasteiger partial charge in [-0.3, -0.25) is 9.78 Å². The highest BCUT2D eigenvalue weighted by Crippen LogP contribution is 2.22. The van der Waals surface area contributed by atoms with Crippen LogP contribution in [-0.2, 0) is 0 Å². The summed E-state index contributed by atoms with van der Waals surface area (Å²) in [5, 5.41) is 12.1. The van der Waals surface area contributed by atoms with Gasteiger partial charge in [-0.05, 0) is 30.9 Å². The molecule has 0 bridgehead atoms. The number of nitrogens with one attached hydrogen (secondary N) is 1. The molecule has 1 amide bonds. The lowest BCUT2D eigenvalue weighted by Crippen LogP contribution is -2.44. The number of hydrogen-bond donors (Lipinski definition) is 2. The summed E-state index contributed by atoms with van der Waals surface area (Å²) in [7, 11) is 0. The van der Waals surface area contributed by atoms with Crippen LogP contribution in [0.15, 0.2) is 18.3 Å². The number of nitrogens with zero attached hydrogens (tertiary/aromatic N) is 1. The van der Waals surface area contributed by atoms with E-state index >= 15 is 0 Å². The van der Waals surface area contributed by atoms with Gasteiger partial charge in [-0.2, -0.15) is 0 Å². The molecule has 0 spiro atoms. The third-order valence-corrected chi connectivity index (χ3v) is 3.02. The number of aliphatic hydroxyl groups is 1. The van der Waals surface area contributed by atoms with Gasteiger partial charge >= 0.3 is 0 Å². The number of aliphatic hydroxyl groups excluding tert-OH is 1. The maximum absolute atomic E-state index is 12.2. The average molecular weight is 250 g/mol. The molecule has 100 valence electrons. The first-order chi connectivity index (χ1) is 8.36. The Balaban J connectivity index is 2.82. The van der Waals surface area contributed by atoms with Gasteiger partial charge in [-0.1, -0.05) is 20.8 Å². The topological polar surface area (TPSA) is 62.2 Å². The number of aromatic nitrogens is 1. The van der Waals surface area contributed by atoms with Crippen LogP contribution in [0.3, 0.4) is 0 Å². The smallest absolute Gasteiger partial charge is 0.253 e. The highest BCUT2D eigenvalue weighted by atomic mass is 16.3. The van der Waals surface area contributed by atoms with E-state index in [9.17, 15) is 4.79 Å². The normalized spacial score (nSPS) is 13.2. The number of pyridine rings is 1. The van der Waals surface area contributed by atoms with Crippen LogP contribution in [0.25, 0.3) is 0 Å². The molecule has 0 aliphatic rings. The summed E-state index contributed by atoms with van der Waals surface area (Å²) in [6.07, 6.45) is 2.22. The van der Waals surface area contributed by atoms with Crippen LogP contribution in [0.4, 0.5) is 0 Å². The van der Waals surface area contributed by atoms with Gasteiger partial charge < -0.3 is 10.4 Å². The van der Waals surface area contributed by atoms with Gasteiger partial charge in [0.15, 0.2) is 0 Å². The molecule has 0 aliphatic heterocycles. The molecule has 4 nitrogen and oxygen atoms in total. The summed E-state index contributed by atoms with van der Waals surface area (Å²) in [4.78, 5) is 16.3. The minimum atomic E-state index is -0.131. The van der Waals surface area contributed by atoms with Crippen molar-refractivity contribution in [1.29, 1.82) is 0 Å². The lowest BCUT2D eigenvalue weighted by Gasteiger charge is -2.31. The van der Waals surface area contributed by atoms with E-state index in [-0.39, 0.29) is 24.0 Å². The number of carbonyl (C=O) groups is 1. The van der Waals surface area contributed by atoms with E-state index < -0.39 is 0 Å². The van der Waals surface area contributed by atoms with Gasteiger partial charge in [0.25, 0.3) is 5.91 Å². The van der Waals surface area contributed by atoms with E-state index in [1.54, 1.807) is 18.3 Å². The summed E-state index contributed by atoms with van der Waals surface area (Å²) in [5.41, 5.74) is 1.21. The van der Waals surface area contributed by atoms with Crippen molar-refractivity contribution < 1.29 is 9.90 Å². The highest BCUT2D eigenvalue weighted by molar-refractivity contribution is 5.95. The van der Waals surface area contributed by atoms with Crippen LogP contribution < -0.4 is 5.32 Å². The third kappa shape index (κ3) is 3.81. The quantitative estimate of drug-likeness (QED) is 0.858. The van der Waals surface area contributed by atoms with Gasteiger partial charge in [0.05, 0.1) is 5.56 Å². The molecule has 18 heavy (non-hydrogen) atoms. The first-order valence-corrected chi connectivity index (χ1v) is 6.19. The van der Waals surface area contributed by atoms with Crippen molar-refractivity contribution in [2.75, 3.05) is 6.61 Å². The van der Waals surface area contributed by atoms with Crippen molar-refractivity contribution in [3.8, 4) is 0 Å². The molecule has 1 atom stereocenters. The van der Waals surface area contributed by atoms with Gasteiger partial charge in [0, 0.05) is 24.5 Å². The van der Waals surface area contributed by atoms with Crippen molar-refractivity contribution in [2.24, 2.45) is 5.41 Å². The summed E-state index contributed by atoms with van der Waals surface area (Å²) >= 11 is 0. The summed E-state index contributed by atoms with van der Waals surface area (Å²) < 4.78 is 0. The zero-order chi connectivity index (χ0) is 13.8. The highest BCUT2D eigenvalue weighted by Gasteiger charge is 2.26. The number of rotatable bonds is 4. The van der Waals surface area contributed by atoms with E-state index in [0.29, 0.717) is 17.7 Å². The SMILES string of the molecule is Cc1ncccc1C(=O)NC(CCO)C(C)(C)C. The first-order valence-electron chi connectivity index (χ1n) is 6.19. The van der Waals surface area contributed by atoms with E-state index in [0.717, 1.165) is 0 Å². The molecule has 1 unspecified atom stereocenters.